The first-order chi connectivity index (χ1) is 10.0. The van der Waals surface area contributed by atoms with Gasteiger partial charge in [0.05, 0.1) is 6.04 Å². The van der Waals surface area contributed by atoms with Gasteiger partial charge < -0.3 is 0 Å². The molecule has 0 aromatic heterocycles. The summed E-state index contributed by atoms with van der Waals surface area (Å²) in [5.41, 5.74) is 6.58. The Morgan fingerprint density at radius 3 is 2.57 bits per heavy atom. The highest BCUT2D eigenvalue weighted by Crippen LogP contribution is 2.26. The Morgan fingerprint density at radius 1 is 1.14 bits per heavy atom. The van der Waals surface area contributed by atoms with Crippen LogP contribution in [0.2, 0.25) is 0 Å². The molecule has 0 radical (unpaired) electrons. The molecular formula is C18H23FN2. The van der Waals surface area contributed by atoms with Gasteiger partial charge in [-0.15, -0.1) is 0 Å². The van der Waals surface area contributed by atoms with Crippen LogP contribution in [0.25, 0.3) is 0 Å². The van der Waals surface area contributed by atoms with E-state index in [2.05, 4.69) is 31.4 Å². The largest absolute Gasteiger partial charge is 0.271 e. The minimum absolute atomic E-state index is 0.238. The van der Waals surface area contributed by atoms with Gasteiger partial charge in [-0.25, -0.2) is 9.82 Å². The lowest BCUT2D eigenvalue weighted by atomic mass is 9.94. The second kappa shape index (κ2) is 6.83. The Balaban J connectivity index is 2.39. The van der Waals surface area contributed by atoms with Gasteiger partial charge in [0.25, 0.3) is 0 Å². The van der Waals surface area contributed by atoms with Gasteiger partial charge in [0.2, 0.25) is 0 Å². The molecule has 1 atom stereocenters. The zero-order chi connectivity index (χ0) is 15.4. The predicted octanol–water partition coefficient (Wildman–Crippen LogP) is 3.89. The molecule has 3 N–H and O–H groups in total. The van der Waals surface area contributed by atoms with E-state index < -0.39 is 0 Å². The molecule has 2 aromatic carbocycles. The molecule has 2 rings (SSSR count). The van der Waals surface area contributed by atoms with E-state index in [0.717, 1.165) is 17.5 Å². The number of hydrogen-bond acceptors (Lipinski definition) is 2. The molecule has 0 bridgehead atoms. The summed E-state index contributed by atoms with van der Waals surface area (Å²) < 4.78 is 14.1. The minimum atomic E-state index is -0.336. The average molecular weight is 286 g/mol. The van der Waals surface area contributed by atoms with Crippen LogP contribution in [0.4, 0.5) is 4.39 Å². The fourth-order valence-corrected chi connectivity index (χ4v) is 2.62. The van der Waals surface area contributed by atoms with Crippen molar-refractivity contribution in [3.05, 3.63) is 70.5 Å². The quantitative estimate of drug-likeness (QED) is 0.646. The smallest absolute Gasteiger partial charge is 0.128 e. The molecular weight excluding hydrogens is 263 g/mol. The van der Waals surface area contributed by atoms with E-state index in [9.17, 15) is 4.39 Å². The Morgan fingerprint density at radius 2 is 1.90 bits per heavy atom. The van der Waals surface area contributed by atoms with Crippen LogP contribution in [0.5, 0.6) is 0 Å². The maximum absolute atomic E-state index is 14.1. The SMILES string of the molecule is Cc1ccc(F)c(C(NN)c2cccc(CC(C)C)c2)c1. The molecule has 2 aromatic rings. The molecule has 1 unspecified atom stereocenters. The molecule has 3 heteroatoms. The molecule has 0 heterocycles. The highest BCUT2D eigenvalue weighted by molar-refractivity contribution is 5.36. The Kier molecular flexibility index (Phi) is 5.10. The van der Waals surface area contributed by atoms with Crippen molar-refractivity contribution in [2.24, 2.45) is 11.8 Å². The fourth-order valence-electron chi connectivity index (χ4n) is 2.62. The normalized spacial score (nSPS) is 12.7. The zero-order valence-corrected chi connectivity index (χ0v) is 12.9. The standard InChI is InChI=1S/C18H23FN2/c1-12(2)9-14-5-4-6-15(11-14)18(21-20)16-10-13(3)7-8-17(16)19/h4-8,10-12,18,21H,9,20H2,1-3H3. The second-order valence-corrected chi connectivity index (χ2v) is 5.97. The molecule has 0 aliphatic heterocycles. The highest BCUT2D eigenvalue weighted by atomic mass is 19.1. The van der Waals surface area contributed by atoms with E-state index in [-0.39, 0.29) is 11.9 Å². The van der Waals surface area contributed by atoms with Crippen molar-refractivity contribution in [3.63, 3.8) is 0 Å². The van der Waals surface area contributed by atoms with Crippen LogP contribution in [0, 0.1) is 18.7 Å². The van der Waals surface area contributed by atoms with Gasteiger partial charge in [-0.3, -0.25) is 5.84 Å². The zero-order valence-electron chi connectivity index (χ0n) is 12.9. The first kappa shape index (κ1) is 15.7. The molecule has 0 spiro atoms. The van der Waals surface area contributed by atoms with Crippen LogP contribution in [0.1, 0.15) is 42.1 Å². The lowest BCUT2D eigenvalue weighted by molar-refractivity contribution is 0.558. The maximum atomic E-state index is 14.1. The third-order valence-corrected chi connectivity index (χ3v) is 3.56. The van der Waals surface area contributed by atoms with Crippen LogP contribution in [-0.4, -0.2) is 0 Å². The maximum Gasteiger partial charge on any atom is 0.128 e. The summed E-state index contributed by atoms with van der Waals surface area (Å²) >= 11 is 0. The van der Waals surface area contributed by atoms with Crippen LogP contribution in [0.3, 0.4) is 0 Å². The molecule has 0 aliphatic carbocycles. The molecule has 0 saturated heterocycles. The summed E-state index contributed by atoms with van der Waals surface area (Å²) in [6.45, 7) is 6.32. The Hall–Kier alpha value is -1.71. The first-order valence-electron chi connectivity index (χ1n) is 7.32. The van der Waals surface area contributed by atoms with Crippen molar-refractivity contribution >= 4 is 0 Å². The number of halogens is 1. The molecule has 2 nitrogen and oxygen atoms in total. The van der Waals surface area contributed by atoms with Gasteiger partial charge in [-0.2, -0.15) is 0 Å². The summed E-state index contributed by atoms with van der Waals surface area (Å²) in [6.07, 6.45) is 1.00. The Labute approximate surface area is 126 Å². The lowest BCUT2D eigenvalue weighted by Gasteiger charge is -2.19. The third-order valence-electron chi connectivity index (χ3n) is 3.56. The van der Waals surface area contributed by atoms with Crippen molar-refractivity contribution in [1.82, 2.24) is 5.43 Å². The molecule has 0 amide bonds. The van der Waals surface area contributed by atoms with E-state index in [1.54, 1.807) is 6.07 Å². The summed E-state index contributed by atoms with van der Waals surface area (Å²) in [4.78, 5) is 0. The van der Waals surface area contributed by atoms with Crippen LogP contribution >= 0.6 is 0 Å². The number of aryl methyl sites for hydroxylation is 1. The predicted molar refractivity (Wildman–Crippen MR) is 85.3 cm³/mol. The molecule has 0 fully saturated rings. The van der Waals surface area contributed by atoms with E-state index >= 15 is 0 Å². The topological polar surface area (TPSA) is 38.0 Å². The third kappa shape index (κ3) is 3.90. The van der Waals surface area contributed by atoms with Gasteiger partial charge in [0, 0.05) is 5.56 Å². The lowest BCUT2D eigenvalue weighted by Crippen LogP contribution is -2.29. The van der Waals surface area contributed by atoms with Crippen LogP contribution < -0.4 is 11.3 Å². The summed E-state index contributed by atoms with van der Waals surface area (Å²) in [5, 5.41) is 0. The number of rotatable bonds is 5. The van der Waals surface area contributed by atoms with Crippen LogP contribution in [-0.2, 0) is 6.42 Å². The van der Waals surface area contributed by atoms with E-state index in [1.807, 2.05) is 25.1 Å². The van der Waals surface area contributed by atoms with Gasteiger partial charge in [0.15, 0.2) is 0 Å². The van der Waals surface area contributed by atoms with Crippen molar-refractivity contribution < 1.29 is 4.39 Å². The fraction of sp³-hybridized carbons (Fsp3) is 0.333. The van der Waals surface area contributed by atoms with E-state index in [4.69, 9.17) is 5.84 Å². The van der Waals surface area contributed by atoms with Crippen molar-refractivity contribution in [3.8, 4) is 0 Å². The first-order valence-corrected chi connectivity index (χ1v) is 7.32. The summed E-state index contributed by atoms with van der Waals surface area (Å²) in [7, 11) is 0. The summed E-state index contributed by atoms with van der Waals surface area (Å²) in [6, 6.07) is 13.0. The highest BCUT2D eigenvalue weighted by Gasteiger charge is 2.17. The van der Waals surface area contributed by atoms with Gasteiger partial charge in [-0.1, -0.05) is 55.8 Å². The average Bonchev–Trinajstić information content (AvgIpc) is 2.43. The molecule has 21 heavy (non-hydrogen) atoms. The van der Waals surface area contributed by atoms with Gasteiger partial charge in [0.1, 0.15) is 5.82 Å². The number of nitrogens with two attached hydrogens (primary N) is 1. The van der Waals surface area contributed by atoms with E-state index in [1.165, 1.54) is 11.6 Å². The number of hydrogen-bond donors (Lipinski definition) is 2. The van der Waals surface area contributed by atoms with Gasteiger partial charge >= 0.3 is 0 Å². The second-order valence-electron chi connectivity index (χ2n) is 5.97. The summed E-state index contributed by atoms with van der Waals surface area (Å²) in [5.74, 6) is 6.04. The van der Waals surface area contributed by atoms with Crippen molar-refractivity contribution in [1.29, 1.82) is 0 Å². The molecule has 112 valence electrons. The minimum Gasteiger partial charge on any atom is -0.271 e. The molecule has 0 aliphatic rings. The van der Waals surface area contributed by atoms with E-state index in [0.29, 0.717) is 11.5 Å². The van der Waals surface area contributed by atoms with Crippen LogP contribution in [0.15, 0.2) is 42.5 Å². The Bertz CT molecular complexity index is 608. The number of hydrazine groups is 1. The van der Waals surface area contributed by atoms with Crippen molar-refractivity contribution in [2.45, 2.75) is 33.2 Å². The monoisotopic (exact) mass is 286 g/mol. The molecule has 0 saturated carbocycles. The number of nitrogens with one attached hydrogen (secondary N) is 1. The number of benzene rings is 2. The van der Waals surface area contributed by atoms with Crippen molar-refractivity contribution in [2.75, 3.05) is 0 Å². The van der Waals surface area contributed by atoms with Gasteiger partial charge in [-0.05, 0) is 36.5 Å².